The number of rotatable bonds is 5. The van der Waals surface area contributed by atoms with Crippen LogP contribution in [0.25, 0.3) is 0 Å². The van der Waals surface area contributed by atoms with E-state index in [-0.39, 0.29) is 24.6 Å². The Bertz CT molecular complexity index is 876. The lowest BCUT2D eigenvalue weighted by Crippen LogP contribution is -2.48. The lowest BCUT2D eigenvalue weighted by Gasteiger charge is -2.33. The summed E-state index contributed by atoms with van der Waals surface area (Å²) in [5, 5.41) is 0. The minimum absolute atomic E-state index is 0.0413. The summed E-state index contributed by atoms with van der Waals surface area (Å²) in [7, 11) is 0. The van der Waals surface area contributed by atoms with Gasteiger partial charge in [0.25, 0.3) is 0 Å². The molecule has 1 aromatic heterocycles. The van der Waals surface area contributed by atoms with Crippen molar-refractivity contribution in [3.05, 3.63) is 48.4 Å². The molecule has 0 saturated carbocycles. The summed E-state index contributed by atoms with van der Waals surface area (Å²) in [6.45, 7) is 4.25. The Labute approximate surface area is 170 Å². The van der Waals surface area contributed by atoms with Crippen LogP contribution in [-0.2, 0) is 4.79 Å². The number of amides is 3. The third-order valence-corrected chi connectivity index (χ3v) is 5.26. The maximum Gasteiger partial charge on any atom is 0.325 e. The number of likely N-dealkylation sites (tertiary alicyclic amines) is 1. The first-order valence-corrected chi connectivity index (χ1v) is 9.96. The molecule has 8 heteroatoms. The predicted molar refractivity (Wildman–Crippen MR) is 108 cm³/mol. The zero-order chi connectivity index (χ0) is 20.2. The Kier molecular flexibility index (Phi) is 5.59. The summed E-state index contributed by atoms with van der Waals surface area (Å²) in [5.41, 5.74) is 0.860. The van der Waals surface area contributed by atoms with E-state index in [4.69, 9.17) is 4.74 Å². The molecule has 3 amide bonds. The van der Waals surface area contributed by atoms with E-state index in [0.29, 0.717) is 37.9 Å². The predicted octanol–water partition coefficient (Wildman–Crippen LogP) is 2.10. The van der Waals surface area contributed by atoms with Gasteiger partial charge < -0.3 is 14.5 Å². The Morgan fingerprint density at radius 2 is 2.00 bits per heavy atom. The molecule has 3 heterocycles. The lowest BCUT2D eigenvalue weighted by atomic mass is 10.1. The smallest absolute Gasteiger partial charge is 0.325 e. The third-order valence-electron chi connectivity index (χ3n) is 5.26. The molecule has 0 spiro atoms. The molecule has 1 aromatic carbocycles. The molecule has 1 atom stereocenters. The number of carbonyl (C=O) groups is 2. The van der Waals surface area contributed by atoms with Crippen molar-refractivity contribution < 1.29 is 14.3 Å². The summed E-state index contributed by atoms with van der Waals surface area (Å²) in [4.78, 5) is 39.0. The molecule has 2 aliphatic heterocycles. The van der Waals surface area contributed by atoms with E-state index in [1.165, 1.54) is 0 Å². The molecule has 2 fully saturated rings. The molecule has 2 saturated heterocycles. The number of hydrogen-bond acceptors (Lipinski definition) is 5. The molecule has 4 rings (SSSR count). The minimum atomic E-state index is -0.120. The normalized spacial score (nSPS) is 19.6. The van der Waals surface area contributed by atoms with Crippen molar-refractivity contribution in [3.8, 4) is 5.88 Å². The number of para-hydroxylation sites is 1. The molecular weight excluding hydrogens is 370 g/mol. The van der Waals surface area contributed by atoms with Gasteiger partial charge >= 0.3 is 6.03 Å². The van der Waals surface area contributed by atoms with Crippen LogP contribution in [0.15, 0.2) is 42.6 Å². The fourth-order valence-corrected chi connectivity index (χ4v) is 3.77. The Morgan fingerprint density at radius 3 is 2.79 bits per heavy atom. The number of carbonyl (C=O) groups excluding carboxylic acids is 2. The SMILES string of the molecule is Cc1nccc(OC2CCCN(C(=O)CN3CCN(c4ccccc4)C3=O)C2)n1. The molecule has 2 aromatic rings. The van der Waals surface area contributed by atoms with Crippen LogP contribution in [-0.4, -0.2) is 70.5 Å². The van der Waals surface area contributed by atoms with Crippen LogP contribution in [0.5, 0.6) is 5.88 Å². The molecule has 29 heavy (non-hydrogen) atoms. The van der Waals surface area contributed by atoms with Gasteiger partial charge in [0.15, 0.2) is 0 Å². The van der Waals surface area contributed by atoms with Crippen molar-refractivity contribution in [1.82, 2.24) is 19.8 Å². The van der Waals surface area contributed by atoms with Gasteiger partial charge in [-0.25, -0.2) is 9.78 Å². The monoisotopic (exact) mass is 395 g/mol. The molecule has 1 unspecified atom stereocenters. The van der Waals surface area contributed by atoms with Crippen LogP contribution in [0.3, 0.4) is 0 Å². The van der Waals surface area contributed by atoms with Gasteiger partial charge in [0.1, 0.15) is 18.5 Å². The van der Waals surface area contributed by atoms with Gasteiger partial charge in [-0.2, -0.15) is 4.98 Å². The van der Waals surface area contributed by atoms with Gasteiger partial charge in [0.2, 0.25) is 11.8 Å². The van der Waals surface area contributed by atoms with E-state index in [9.17, 15) is 9.59 Å². The number of urea groups is 1. The first kappa shape index (κ1) is 19.2. The summed E-state index contributed by atoms with van der Waals surface area (Å²) in [5.74, 6) is 1.15. The van der Waals surface area contributed by atoms with Crippen LogP contribution in [0.2, 0.25) is 0 Å². The second-order valence-corrected chi connectivity index (χ2v) is 7.36. The van der Waals surface area contributed by atoms with E-state index in [1.54, 1.807) is 27.0 Å². The van der Waals surface area contributed by atoms with Gasteiger partial charge in [0, 0.05) is 37.6 Å². The van der Waals surface area contributed by atoms with Gasteiger partial charge in [-0.1, -0.05) is 18.2 Å². The minimum Gasteiger partial charge on any atom is -0.472 e. The van der Waals surface area contributed by atoms with Crippen molar-refractivity contribution in [2.75, 3.05) is 37.6 Å². The number of ether oxygens (including phenoxy) is 1. The number of hydrogen-bond donors (Lipinski definition) is 0. The van der Waals surface area contributed by atoms with Crippen LogP contribution in [0.4, 0.5) is 10.5 Å². The number of anilines is 1. The fraction of sp³-hybridized carbons (Fsp3) is 0.429. The summed E-state index contributed by atoms with van der Waals surface area (Å²) < 4.78 is 5.95. The second kappa shape index (κ2) is 8.46. The molecule has 152 valence electrons. The van der Waals surface area contributed by atoms with Gasteiger partial charge in [0.05, 0.1) is 6.54 Å². The van der Waals surface area contributed by atoms with Crippen molar-refractivity contribution >= 4 is 17.6 Å². The number of piperidine rings is 1. The fourth-order valence-electron chi connectivity index (χ4n) is 3.77. The van der Waals surface area contributed by atoms with E-state index < -0.39 is 0 Å². The number of aryl methyl sites for hydroxylation is 1. The van der Waals surface area contributed by atoms with Crippen LogP contribution >= 0.6 is 0 Å². The molecule has 0 N–H and O–H groups in total. The highest BCUT2D eigenvalue weighted by molar-refractivity contribution is 5.96. The van der Waals surface area contributed by atoms with Gasteiger partial charge in [-0.15, -0.1) is 0 Å². The maximum absolute atomic E-state index is 12.8. The highest BCUT2D eigenvalue weighted by atomic mass is 16.5. The number of aromatic nitrogens is 2. The average Bonchev–Trinajstić information content (AvgIpc) is 3.09. The van der Waals surface area contributed by atoms with E-state index in [2.05, 4.69) is 9.97 Å². The largest absolute Gasteiger partial charge is 0.472 e. The van der Waals surface area contributed by atoms with Gasteiger partial charge in [-0.05, 0) is 31.9 Å². The first-order valence-electron chi connectivity index (χ1n) is 9.96. The lowest BCUT2D eigenvalue weighted by molar-refractivity contribution is -0.134. The van der Waals surface area contributed by atoms with Crippen LogP contribution in [0, 0.1) is 6.92 Å². The first-order chi connectivity index (χ1) is 14.1. The third kappa shape index (κ3) is 4.47. The van der Waals surface area contributed by atoms with E-state index in [1.807, 2.05) is 37.3 Å². The maximum atomic E-state index is 12.8. The van der Waals surface area contributed by atoms with E-state index >= 15 is 0 Å². The Hall–Kier alpha value is -3.16. The van der Waals surface area contributed by atoms with Gasteiger partial charge in [-0.3, -0.25) is 9.69 Å². The molecular formula is C21H25N5O3. The zero-order valence-electron chi connectivity index (χ0n) is 16.5. The summed E-state index contributed by atoms with van der Waals surface area (Å²) in [6.07, 6.45) is 3.31. The molecule has 0 radical (unpaired) electrons. The highest BCUT2D eigenvalue weighted by Crippen LogP contribution is 2.21. The Balaban J connectivity index is 1.33. The summed E-state index contributed by atoms with van der Waals surface area (Å²) in [6, 6.07) is 11.2. The Morgan fingerprint density at radius 1 is 1.17 bits per heavy atom. The quantitative estimate of drug-likeness (QED) is 0.775. The summed E-state index contributed by atoms with van der Waals surface area (Å²) >= 11 is 0. The molecule has 2 aliphatic rings. The van der Waals surface area contributed by atoms with Crippen molar-refractivity contribution in [1.29, 1.82) is 0 Å². The topological polar surface area (TPSA) is 78.9 Å². The van der Waals surface area contributed by atoms with Crippen LogP contribution in [0.1, 0.15) is 18.7 Å². The standard InChI is InChI=1S/C21H25N5O3/c1-16-22-10-9-19(23-16)29-18-8-5-11-24(14-18)20(27)15-25-12-13-26(21(25)28)17-6-3-2-4-7-17/h2-4,6-7,9-10,18H,5,8,11-15H2,1H3. The number of benzene rings is 1. The number of nitrogens with zero attached hydrogens (tertiary/aromatic N) is 5. The second-order valence-electron chi connectivity index (χ2n) is 7.36. The molecule has 8 nitrogen and oxygen atoms in total. The van der Waals surface area contributed by atoms with E-state index in [0.717, 1.165) is 18.5 Å². The van der Waals surface area contributed by atoms with Crippen molar-refractivity contribution in [2.45, 2.75) is 25.9 Å². The highest BCUT2D eigenvalue weighted by Gasteiger charge is 2.33. The van der Waals surface area contributed by atoms with Crippen molar-refractivity contribution in [3.63, 3.8) is 0 Å². The van der Waals surface area contributed by atoms with Crippen molar-refractivity contribution in [2.24, 2.45) is 0 Å². The zero-order valence-corrected chi connectivity index (χ0v) is 16.5. The average molecular weight is 395 g/mol. The molecule has 0 aliphatic carbocycles. The molecule has 0 bridgehead atoms. The van der Waals surface area contributed by atoms with Crippen LogP contribution < -0.4 is 9.64 Å².